The number of carbonyl (C=O) groups is 1. The lowest BCUT2D eigenvalue weighted by atomic mass is 9.67. The van der Waals surface area contributed by atoms with Gasteiger partial charge in [-0.15, -0.1) is 0 Å². The van der Waals surface area contributed by atoms with E-state index < -0.39 is 5.60 Å². The molecule has 0 fully saturated rings. The molecule has 0 radical (unpaired) electrons. The Balaban J connectivity index is 1.82. The summed E-state index contributed by atoms with van der Waals surface area (Å²) in [5.41, 5.74) is 1.30. The molecule has 6 heteroatoms. The number of ether oxygens (including phenoxy) is 2. The summed E-state index contributed by atoms with van der Waals surface area (Å²) < 4.78 is 15.2. The van der Waals surface area contributed by atoms with Crippen molar-refractivity contribution < 1.29 is 14.3 Å². The van der Waals surface area contributed by atoms with Crippen molar-refractivity contribution in [3.8, 4) is 5.75 Å². The smallest absolute Gasteiger partial charge is 0.333 e. The Morgan fingerprint density at radius 2 is 1.97 bits per heavy atom. The van der Waals surface area contributed by atoms with E-state index in [2.05, 4.69) is 20.8 Å². The third-order valence-electron chi connectivity index (χ3n) is 6.41. The quantitative estimate of drug-likeness (QED) is 0.634. The maximum absolute atomic E-state index is 13.7. The zero-order chi connectivity index (χ0) is 20.6. The molecule has 5 rings (SSSR count). The first-order chi connectivity index (χ1) is 13.7. The van der Waals surface area contributed by atoms with E-state index in [0.717, 1.165) is 27.9 Å². The molecule has 29 heavy (non-hydrogen) atoms. The fourth-order valence-electron chi connectivity index (χ4n) is 4.90. The normalized spacial score (nSPS) is 24.0. The average molecular weight is 392 g/mol. The summed E-state index contributed by atoms with van der Waals surface area (Å²) in [7, 11) is 1.63. The van der Waals surface area contributed by atoms with E-state index in [1.807, 2.05) is 36.4 Å². The fourth-order valence-corrected chi connectivity index (χ4v) is 4.90. The predicted molar refractivity (Wildman–Crippen MR) is 110 cm³/mol. The summed E-state index contributed by atoms with van der Waals surface area (Å²) in [6, 6.07) is 9.28. The summed E-state index contributed by atoms with van der Waals surface area (Å²) in [6.07, 6.45) is 3.72. The van der Waals surface area contributed by atoms with Crippen molar-refractivity contribution in [1.82, 2.24) is 8.97 Å². The first kappa shape index (κ1) is 18.2. The number of hydrogen-bond acceptors (Lipinski definition) is 4. The molecular formula is C23H24N2O4. The number of allylic oxidation sites excluding steroid dienone is 1. The predicted octanol–water partition coefficient (Wildman–Crippen LogP) is 3.65. The van der Waals surface area contributed by atoms with Gasteiger partial charge in [-0.25, -0.2) is 4.79 Å². The van der Waals surface area contributed by atoms with Crippen LogP contribution in [-0.4, -0.2) is 27.5 Å². The highest BCUT2D eigenvalue weighted by Gasteiger charge is 2.53. The second kappa shape index (κ2) is 5.83. The molecule has 0 N–H and O–H groups in total. The maximum atomic E-state index is 13.7. The molecule has 1 aliphatic carbocycles. The SMILES string of the molecule is COc1ccc2c(c1)cc1cc3n(c(=O)n12)[C@@H]1CC(=O)C=C[C@]1(C(C)(C)C)OC3. The molecule has 2 atom stereocenters. The number of methoxy groups -OCH3 is 1. The van der Waals surface area contributed by atoms with Crippen molar-refractivity contribution >= 4 is 22.2 Å². The number of rotatable bonds is 1. The number of aromatic nitrogens is 2. The van der Waals surface area contributed by atoms with Gasteiger partial charge in [0.1, 0.15) is 11.4 Å². The first-order valence-corrected chi connectivity index (χ1v) is 9.85. The van der Waals surface area contributed by atoms with Gasteiger partial charge in [0.15, 0.2) is 5.78 Å². The van der Waals surface area contributed by atoms with Crippen LogP contribution in [-0.2, 0) is 16.1 Å². The number of benzene rings is 1. The Hall–Kier alpha value is -2.86. The largest absolute Gasteiger partial charge is 0.497 e. The summed E-state index contributed by atoms with van der Waals surface area (Å²) >= 11 is 0. The third-order valence-corrected chi connectivity index (χ3v) is 6.41. The minimum atomic E-state index is -0.711. The van der Waals surface area contributed by atoms with Gasteiger partial charge in [0, 0.05) is 11.8 Å². The molecule has 6 nitrogen and oxygen atoms in total. The van der Waals surface area contributed by atoms with Gasteiger partial charge in [0.05, 0.1) is 36.5 Å². The zero-order valence-electron chi connectivity index (χ0n) is 17.1. The van der Waals surface area contributed by atoms with E-state index >= 15 is 0 Å². The van der Waals surface area contributed by atoms with Crippen LogP contribution in [0, 0.1) is 5.41 Å². The molecule has 2 aromatic heterocycles. The highest BCUT2D eigenvalue weighted by atomic mass is 16.5. The van der Waals surface area contributed by atoms with Gasteiger partial charge in [0.25, 0.3) is 0 Å². The van der Waals surface area contributed by atoms with Gasteiger partial charge < -0.3 is 9.47 Å². The monoisotopic (exact) mass is 392 g/mol. The number of fused-ring (bicyclic) bond motifs is 6. The number of carbonyl (C=O) groups excluding carboxylic acids is 1. The second-order valence-corrected chi connectivity index (χ2v) is 8.97. The van der Waals surface area contributed by atoms with Crippen LogP contribution in [0.15, 0.2) is 47.3 Å². The van der Waals surface area contributed by atoms with Crippen LogP contribution in [0.25, 0.3) is 16.4 Å². The lowest BCUT2D eigenvalue weighted by Gasteiger charge is -2.52. The van der Waals surface area contributed by atoms with Crippen molar-refractivity contribution in [1.29, 1.82) is 0 Å². The van der Waals surface area contributed by atoms with Crippen molar-refractivity contribution in [2.45, 2.75) is 45.4 Å². The molecule has 2 aliphatic rings. The number of ketones is 1. The summed E-state index contributed by atoms with van der Waals surface area (Å²) in [5, 5.41) is 0.937. The molecule has 0 amide bonds. The van der Waals surface area contributed by atoms with Gasteiger partial charge in [-0.2, -0.15) is 0 Å². The van der Waals surface area contributed by atoms with Crippen LogP contribution in [0.3, 0.4) is 0 Å². The standard InChI is InChI=1S/C23H24N2O4/c1-22(2,3)23-8-7-17(26)12-20(23)25-16(13-29-23)11-15-9-14-10-18(28-4)5-6-19(14)24(15)21(25)27/h5-11,20H,12-13H2,1-4H3/t20-,23+/m1/s1. The van der Waals surface area contributed by atoms with Crippen LogP contribution < -0.4 is 10.4 Å². The van der Waals surface area contributed by atoms with E-state index in [0.29, 0.717) is 6.61 Å². The Bertz CT molecular complexity index is 1260. The Labute approximate surface area is 168 Å². The van der Waals surface area contributed by atoms with E-state index in [9.17, 15) is 9.59 Å². The van der Waals surface area contributed by atoms with E-state index in [-0.39, 0.29) is 29.4 Å². The number of hydrogen-bond donors (Lipinski definition) is 0. The van der Waals surface area contributed by atoms with Crippen molar-refractivity contribution in [3.63, 3.8) is 0 Å². The van der Waals surface area contributed by atoms with Crippen molar-refractivity contribution in [3.05, 3.63) is 58.7 Å². The molecule has 0 bridgehead atoms. The van der Waals surface area contributed by atoms with Gasteiger partial charge in [-0.3, -0.25) is 13.8 Å². The second-order valence-electron chi connectivity index (χ2n) is 8.97. The molecule has 0 spiro atoms. The Morgan fingerprint density at radius 3 is 2.69 bits per heavy atom. The van der Waals surface area contributed by atoms with Gasteiger partial charge in [0.2, 0.25) is 0 Å². The highest BCUT2D eigenvalue weighted by Crippen LogP contribution is 2.49. The van der Waals surface area contributed by atoms with Crippen LogP contribution in [0.1, 0.15) is 38.9 Å². The van der Waals surface area contributed by atoms with Crippen LogP contribution in [0.5, 0.6) is 5.75 Å². The molecule has 150 valence electrons. The lowest BCUT2D eigenvalue weighted by Crippen LogP contribution is -2.58. The molecule has 0 saturated carbocycles. The molecule has 1 aromatic carbocycles. The van der Waals surface area contributed by atoms with E-state index in [1.165, 1.54) is 0 Å². The molecule has 0 unspecified atom stereocenters. The lowest BCUT2D eigenvalue weighted by molar-refractivity contribution is -0.154. The fraction of sp³-hybridized carbons (Fsp3) is 0.391. The van der Waals surface area contributed by atoms with Gasteiger partial charge >= 0.3 is 5.69 Å². The van der Waals surface area contributed by atoms with E-state index in [4.69, 9.17) is 9.47 Å². The minimum Gasteiger partial charge on any atom is -0.497 e. The molecule has 0 saturated heterocycles. The Morgan fingerprint density at radius 1 is 1.17 bits per heavy atom. The minimum absolute atomic E-state index is 0.0143. The topological polar surface area (TPSA) is 61.9 Å². The Kier molecular flexibility index (Phi) is 3.65. The molecular weight excluding hydrogens is 368 g/mol. The molecule has 3 aromatic rings. The van der Waals surface area contributed by atoms with Crippen LogP contribution in [0.2, 0.25) is 0 Å². The number of nitrogens with zero attached hydrogens (tertiary/aromatic N) is 2. The molecule has 3 heterocycles. The highest BCUT2D eigenvalue weighted by molar-refractivity contribution is 5.91. The van der Waals surface area contributed by atoms with Crippen molar-refractivity contribution in [2.24, 2.45) is 5.41 Å². The molecule has 1 aliphatic heterocycles. The summed E-state index contributed by atoms with van der Waals surface area (Å²) in [6.45, 7) is 6.59. The summed E-state index contributed by atoms with van der Waals surface area (Å²) in [5.74, 6) is 0.761. The maximum Gasteiger partial charge on any atom is 0.333 e. The van der Waals surface area contributed by atoms with Crippen molar-refractivity contribution in [2.75, 3.05) is 7.11 Å². The first-order valence-electron chi connectivity index (χ1n) is 9.85. The summed E-state index contributed by atoms with van der Waals surface area (Å²) in [4.78, 5) is 26.1. The van der Waals surface area contributed by atoms with Gasteiger partial charge in [-0.1, -0.05) is 20.8 Å². The van der Waals surface area contributed by atoms with Gasteiger partial charge in [-0.05, 0) is 47.9 Å². The van der Waals surface area contributed by atoms with Crippen LogP contribution in [0.4, 0.5) is 0 Å². The van der Waals surface area contributed by atoms with E-state index in [1.54, 1.807) is 22.2 Å². The third kappa shape index (κ3) is 2.38. The van der Waals surface area contributed by atoms with Crippen LogP contribution >= 0.6 is 0 Å². The zero-order valence-corrected chi connectivity index (χ0v) is 17.1. The average Bonchev–Trinajstić information content (AvgIpc) is 3.04.